The number of aromatic nitrogens is 1. The Balaban J connectivity index is 1.56. The van der Waals surface area contributed by atoms with Gasteiger partial charge < -0.3 is 9.84 Å². The summed E-state index contributed by atoms with van der Waals surface area (Å²) in [5, 5.41) is 8.88. The molecule has 0 saturated carbocycles. The van der Waals surface area contributed by atoms with Crippen LogP contribution in [0.2, 0.25) is 0 Å². The third-order valence-electron chi connectivity index (χ3n) is 5.29. The number of carboxylic acids is 1. The number of rotatable bonds is 7. The molecule has 1 atom stereocenters. The molecule has 2 aromatic carbocycles. The summed E-state index contributed by atoms with van der Waals surface area (Å²) < 4.78 is 34.3. The fourth-order valence-electron chi connectivity index (χ4n) is 3.84. The second-order valence-corrected chi connectivity index (χ2v) is 9.05. The maximum Gasteiger partial charge on any atom is 0.341 e. The van der Waals surface area contributed by atoms with Gasteiger partial charge in [-0.05, 0) is 71.8 Å². The summed E-state index contributed by atoms with van der Waals surface area (Å²) in [6.07, 6.45) is 5.52. The number of carboxylic acid groups (broad SMARTS) is 1. The van der Waals surface area contributed by atoms with Crippen molar-refractivity contribution in [1.29, 1.82) is 0 Å². The highest BCUT2D eigenvalue weighted by atomic mass is 32.2. The van der Waals surface area contributed by atoms with Gasteiger partial charge in [0, 0.05) is 18.4 Å². The molecule has 2 N–H and O–H groups in total. The van der Waals surface area contributed by atoms with Crippen molar-refractivity contribution in [3.05, 3.63) is 78.1 Å². The van der Waals surface area contributed by atoms with Crippen molar-refractivity contribution in [1.82, 2.24) is 9.71 Å². The van der Waals surface area contributed by atoms with Gasteiger partial charge in [0.25, 0.3) is 0 Å². The highest BCUT2D eigenvalue weighted by Gasteiger charge is 2.27. The van der Waals surface area contributed by atoms with Crippen molar-refractivity contribution >= 4 is 16.0 Å². The molecule has 1 heterocycles. The Labute approximate surface area is 180 Å². The number of pyridine rings is 1. The van der Waals surface area contributed by atoms with Crippen LogP contribution in [0, 0.1) is 0 Å². The molecule has 1 aliphatic carbocycles. The zero-order chi connectivity index (χ0) is 21.8. The standard InChI is InChI=1S/C23H22N2O5S/c26-23(27)15-30-22-6-2-3-19-20(22)4-1-5-21(19)25-31(28,29)18-9-7-16(8-10-18)17-11-13-24-14-12-17/h2-3,6-14,21,25H,1,4-5,15H2,(H,26,27). The van der Waals surface area contributed by atoms with E-state index in [-0.39, 0.29) is 4.90 Å². The number of aliphatic carboxylic acids is 1. The van der Waals surface area contributed by atoms with E-state index in [2.05, 4.69) is 9.71 Å². The molecule has 1 aromatic heterocycles. The van der Waals surface area contributed by atoms with E-state index in [4.69, 9.17) is 9.84 Å². The molecule has 0 aliphatic heterocycles. The average Bonchev–Trinajstić information content (AvgIpc) is 2.78. The Morgan fingerprint density at radius 3 is 2.48 bits per heavy atom. The molecule has 0 bridgehead atoms. The zero-order valence-corrected chi connectivity index (χ0v) is 17.5. The van der Waals surface area contributed by atoms with E-state index in [1.54, 1.807) is 48.8 Å². The van der Waals surface area contributed by atoms with E-state index in [0.29, 0.717) is 18.6 Å². The summed E-state index contributed by atoms with van der Waals surface area (Å²) in [7, 11) is -3.74. The van der Waals surface area contributed by atoms with Crippen molar-refractivity contribution in [3.63, 3.8) is 0 Å². The SMILES string of the molecule is O=C(O)COc1cccc2c1CCCC2NS(=O)(=O)c1ccc(-c2ccncc2)cc1. The lowest BCUT2D eigenvalue weighted by Gasteiger charge is -2.27. The third kappa shape index (κ3) is 4.76. The lowest BCUT2D eigenvalue weighted by Crippen LogP contribution is -2.31. The normalized spacial score (nSPS) is 15.8. The molecule has 8 heteroatoms. The van der Waals surface area contributed by atoms with E-state index in [1.165, 1.54) is 0 Å². The molecule has 0 saturated heterocycles. The predicted octanol–water partition coefficient (Wildman–Crippen LogP) is 3.57. The third-order valence-corrected chi connectivity index (χ3v) is 6.78. The van der Waals surface area contributed by atoms with Crippen LogP contribution in [0.1, 0.15) is 30.0 Å². The molecule has 3 aromatic rings. The number of hydrogen-bond acceptors (Lipinski definition) is 5. The van der Waals surface area contributed by atoms with Crippen LogP contribution >= 0.6 is 0 Å². The van der Waals surface area contributed by atoms with Crippen LogP contribution in [0.4, 0.5) is 0 Å². The molecular weight excluding hydrogens is 416 g/mol. The second kappa shape index (κ2) is 8.87. The second-order valence-electron chi connectivity index (χ2n) is 7.33. The van der Waals surface area contributed by atoms with Gasteiger partial charge in [-0.3, -0.25) is 4.98 Å². The minimum absolute atomic E-state index is 0.190. The number of ether oxygens (including phenoxy) is 1. The molecule has 0 radical (unpaired) electrons. The number of sulfonamides is 1. The van der Waals surface area contributed by atoms with E-state index >= 15 is 0 Å². The van der Waals surface area contributed by atoms with Crippen LogP contribution in [-0.2, 0) is 21.2 Å². The van der Waals surface area contributed by atoms with E-state index in [0.717, 1.165) is 28.7 Å². The molecule has 0 fully saturated rings. The van der Waals surface area contributed by atoms with Crippen LogP contribution in [0.15, 0.2) is 71.9 Å². The van der Waals surface area contributed by atoms with Crippen LogP contribution in [0.3, 0.4) is 0 Å². The number of carbonyl (C=O) groups is 1. The number of hydrogen-bond donors (Lipinski definition) is 2. The fraction of sp³-hybridized carbons (Fsp3) is 0.217. The fourth-order valence-corrected chi connectivity index (χ4v) is 5.09. The summed E-state index contributed by atoms with van der Waals surface area (Å²) in [6.45, 7) is -0.434. The van der Waals surface area contributed by atoms with Gasteiger partial charge in [-0.2, -0.15) is 0 Å². The van der Waals surface area contributed by atoms with Crippen molar-refractivity contribution in [3.8, 4) is 16.9 Å². The Morgan fingerprint density at radius 2 is 1.77 bits per heavy atom. The molecule has 4 rings (SSSR count). The van der Waals surface area contributed by atoms with Gasteiger partial charge in [0.1, 0.15) is 5.75 Å². The summed E-state index contributed by atoms with van der Waals surface area (Å²) in [5.74, 6) is -0.564. The van der Waals surface area contributed by atoms with Gasteiger partial charge in [-0.1, -0.05) is 24.3 Å². The van der Waals surface area contributed by atoms with Crippen molar-refractivity contribution in [2.45, 2.75) is 30.2 Å². The summed E-state index contributed by atoms with van der Waals surface area (Å²) >= 11 is 0. The van der Waals surface area contributed by atoms with E-state index in [9.17, 15) is 13.2 Å². The van der Waals surface area contributed by atoms with Gasteiger partial charge >= 0.3 is 5.97 Å². The maximum absolute atomic E-state index is 13.0. The van der Waals surface area contributed by atoms with Crippen molar-refractivity contribution in [2.75, 3.05) is 6.61 Å². The van der Waals surface area contributed by atoms with Gasteiger partial charge in [0.15, 0.2) is 6.61 Å². The first-order valence-electron chi connectivity index (χ1n) is 9.93. The first kappa shape index (κ1) is 21.0. The predicted molar refractivity (Wildman–Crippen MR) is 115 cm³/mol. The van der Waals surface area contributed by atoms with Gasteiger partial charge in [-0.15, -0.1) is 0 Å². The number of benzene rings is 2. The Hall–Kier alpha value is -3.23. The lowest BCUT2D eigenvalue weighted by atomic mass is 9.87. The molecular formula is C23H22N2O5S. The minimum Gasteiger partial charge on any atom is -0.482 e. The molecule has 160 valence electrons. The Kier molecular flexibility index (Phi) is 6.01. The minimum atomic E-state index is -3.74. The Bertz CT molecular complexity index is 1180. The van der Waals surface area contributed by atoms with Crippen molar-refractivity contribution in [2.24, 2.45) is 0 Å². The van der Waals surface area contributed by atoms with Gasteiger partial charge in [-0.25, -0.2) is 17.9 Å². The average molecular weight is 439 g/mol. The van der Waals surface area contributed by atoms with Crippen LogP contribution in [-0.4, -0.2) is 31.1 Å². The highest BCUT2D eigenvalue weighted by Crippen LogP contribution is 2.36. The van der Waals surface area contributed by atoms with E-state index < -0.39 is 28.6 Å². The quantitative estimate of drug-likeness (QED) is 0.584. The topological polar surface area (TPSA) is 106 Å². The molecule has 1 unspecified atom stereocenters. The van der Waals surface area contributed by atoms with Crippen LogP contribution in [0.5, 0.6) is 5.75 Å². The Morgan fingerprint density at radius 1 is 1.06 bits per heavy atom. The summed E-state index contributed by atoms with van der Waals surface area (Å²) in [5.41, 5.74) is 3.55. The molecule has 31 heavy (non-hydrogen) atoms. The zero-order valence-electron chi connectivity index (χ0n) is 16.7. The molecule has 0 amide bonds. The van der Waals surface area contributed by atoms with Crippen LogP contribution in [0.25, 0.3) is 11.1 Å². The van der Waals surface area contributed by atoms with Crippen molar-refractivity contribution < 1.29 is 23.1 Å². The van der Waals surface area contributed by atoms with Gasteiger partial charge in [0.05, 0.1) is 4.90 Å². The molecule has 7 nitrogen and oxygen atoms in total. The van der Waals surface area contributed by atoms with Gasteiger partial charge in [0.2, 0.25) is 10.0 Å². The maximum atomic E-state index is 13.0. The number of fused-ring (bicyclic) bond motifs is 1. The molecule has 0 spiro atoms. The molecule has 1 aliphatic rings. The highest BCUT2D eigenvalue weighted by molar-refractivity contribution is 7.89. The summed E-state index contributed by atoms with van der Waals surface area (Å²) in [4.78, 5) is 15.0. The monoisotopic (exact) mass is 438 g/mol. The number of nitrogens with zero attached hydrogens (tertiary/aromatic N) is 1. The van der Waals surface area contributed by atoms with E-state index in [1.807, 2.05) is 18.2 Å². The van der Waals surface area contributed by atoms with Crippen LogP contribution < -0.4 is 9.46 Å². The number of nitrogens with one attached hydrogen (secondary N) is 1. The summed E-state index contributed by atoms with van der Waals surface area (Å²) in [6, 6.07) is 15.4. The first-order chi connectivity index (χ1) is 14.9. The lowest BCUT2D eigenvalue weighted by molar-refractivity contribution is -0.139. The largest absolute Gasteiger partial charge is 0.482 e. The smallest absolute Gasteiger partial charge is 0.341 e. The first-order valence-corrected chi connectivity index (χ1v) is 11.4.